The van der Waals surface area contributed by atoms with E-state index in [1.54, 1.807) is 0 Å². The summed E-state index contributed by atoms with van der Waals surface area (Å²) in [5.41, 5.74) is 0. The Balaban J connectivity index is 1.86. The molecule has 0 saturated carbocycles. The molecule has 2 unspecified atom stereocenters. The minimum absolute atomic E-state index is 0.471. The molecule has 1 heterocycles. The highest BCUT2D eigenvalue weighted by atomic mass is 32.2. The fourth-order valence-electron chi connectivity index (χ4n) is 1.59. The third-order valence-electron chi connectivity index (χ3n) is 2.50. The van der Waals surface area contributed by atoms with Crippen LogP contribution in [0.4, 0.5) is 0 Å². The van der Waals surface area contributed by atoms with Gasteiger partial charge in [-0.3, -0.25) is 4.21 Å². The first kappa shape index (κ1) is 12.1. The molecule has 14 heavy (non-hydrogen) atoms. The van der Waals surface area contributed by atoms with Crippen LogP contribution in [0.3, 0.4) is 0 Å². The first-order chi connectivity index (χ1) is 6.83. The van der Waals surface area contributed by atoms with Crippen LogP contribution in [0.25, 0.3) is 0 Å². The molecule has 0 aromatic heterocycles. The zero-order valence-corrected chi connectivity index (χ0v) is 9.78. The van der Waals surface area contributed by atoms with E-state index in [0.717, 1.165) is 37.6 Å². The van der Waals surface area contributed by atoms with Gasteiger partial charge in [0.05, 0.1) is 6.10 Å². The zero-order chi connectivity index (χ0) is 10.2. The van der Waals surface area contributed by atoms with Gasteiger partial charge in [-0.1, -0.05) is 6.92 Å². The average molecular weight is 219 g/mol. The lowest BCUT2D eigenvalue weighted by atomic mass is 10.2. The lowest BCUT2D eigenvalue weighted by Crippen LogP contribution is -2.24. The summed E-state index contributed by atoms with van der Waals surface area (Å²) < 4.78 is 16.6. The molecule has 1 saturated heterocycles. The van der Waals surface area contributed by atoms with Crippen molar-refractivity contribution in [2.75, 3.05) is 31.2 Å². The van der Waals surface area contributed by atoms with Gasteiger partial charge in [-0.05, 0) is 25.8 Å². The highest BCUT2D eigenvalue weighted by Gasteiger charge is 2.14. The Kier molecular flexibility index (Phi) is 6.39. The Labute approximate surface area is 89.1 Å². The Hall–Kier alpha value is 0.0700. The van der Waals surface area contributed by atoms with Crippen molar-refractivity contribution in [3.05, 3.63) is 0 Å². The van der Waals surface area contributed by atoms with E-state index in [-0.39, 0.29) is 0 Å². The van der Waals surface area contributed by atoms with Gasteiger partial charge in [-0.2, -0.15) is 0 Å². The van der Waals surface area contributed by atoms with Crippen LogP contribution in [0, 0.1) is 0 Å². The molecule has 1 aliphatic rings. The molecule has 1 N–H and O–H groups in total. The largest absolute Gasteiger partial charge is 0.378 e. The second-order valence-corrected chi connectivity index (χ2v) is 5.47. The third kappa shape index (κ3) is 5.08. The molecular formula is C10H21NO2S. The number of rotatable bonds is 7. The molecule has 0 spiro atoms. The fourth-order valence-corrected chi connectivity index (χ4v) is 2.25. The minimum Gasteiger partial charge on any atom is -0.378 e. The molecular weight excluding hydrogens is 198 g/mol. The quantitative estimate of drug-likeness (QED) is 0.647. The Morgan fingerprint density at radius 2 is 2.36 bits per heavy atom. The van der Waals surface area contributed by atoms with Crippen molar-refractivity contribution in [1.29, 1.82) is 0 Å². The average Bonchev–Trinajstić information content (AvgIpc) is 2.69. The highest BCUT2D eigenvalue weighted by Crippen LogP contribution is 2.14. The molecule has 0 bridgehead atoms. The van der Waals surface area contributed by atoms with E-state index in [4.69, 9.17) is 4.74 Å². The van der Waals surface area contributed by atoms with Gasteiger partial charge in [0.25, 0.3) is 0 Å². The van der Waals surface area contributed by atoms with Crippen LogP contribution >= 0.6 is 0 Å². The van der Waals surface area contributed by atoms with Crippen molar-refractivity contribution in [3.63, 3.8) is 0 Å². The van der Waals surface area contributed by atoms with E-state index in [9.17, 15) is 4.21 Å². The molecule has 4 heteroatoms. The number of hydrogen-bond donors (Lipinski definition) is 1. The molecule has 1 fully saturated rings. The van der Waals surface area contributed by atoms with Crippen LogP contribution in [0.1, 0.15) is 26.2 Å². The first-order valence-electron chi connectivity index (χ1n) is 5.50. The topological polar surface area (TPSA) is 38.3 Å². The van der Waals surface area contributed by atoms with E-state index in [1.165, 1.54) is 12.8 Å². The van der Waals surface area contributed by atoms with Crippen LogP contribution in [-0.4, -0.2) is 41.5 Å². The third-order valence-corrected chi connectivity index (χ3v) is 3.80. The Morgan fingerprint density at radius 3 is 3.00 bits per heavy atom. The summed E-state index contributed by atoms with van der Waals surface area (Å²) in [5.74, 6) is 1.55. The molecule has 1 aliphatic heterocycles. The summed E-state index contributed by atoms with van der Waals surface area (Å²) in [6.07, 6.45) is 3.99. The summed E-state index contributed by atoms with van der Waals surface area (Å²) >= 11 is 0. The van der Waals surface area contributed by atoms with Gasteiger partial charge in [0.1, 0.15) is 0 Å². The van der Waals surface area contributed by atoms with Gasteiger partial charge >= 0.3 is 0 Å². The molecule has 84 valence electrons. The molecule has 0 aliphatic carbocycles. The van der Waals surface area contributed by atoms with Crippen LogP contribution < -0.4 is 5.32 Å². The smallest absolute Gasteiger partial charge is 0.0588 e. The van der Waals surface area contributed by atoms with Crippen LogP contribution in [0.2, 0.25) is 0 Å². The molecule has 0 aromatic rings. The van der Waals surface area contributed by atoms with Crippen LogP contribution in [0.5, 0.6) is 0 Å². The van der Waals surface area contributed by atoms with Crippen molar-refractivity contribution in [1.82, 2.24) is 5.32 Å². The van der Waals surface area contributed by atoms with E-state index in [0.29, 0.717) is 6.10 Å². The maximum Gasteiger partial charge on any atom is 0.0588 e. The molecule has 0 amide bonds. The number of ether oxygens (including phenoxy) is 1. The van der Waals surface area contributed by atoms with E-state index in [1.807, 2.05) is 6.92 Å². The maximum absolute atomic E-state index is 11.1. The number of hydrogen-bond acceptors (Lipinski definition) is 3. The van der Waals surface area contributed by atoms with E-state index in [2.05, 4.69) is 5.32 Å². The van der Waals surface area contributed by atoms with Gasteiger partial charge in [0.15, 0.2) is 0 Å². The normalized spacial score (nSPS) is 23.9. The molecule has 1 rings (SSSR count). The van der Waals surface area contributed by atoms with E-state index >= 15 is 0 Å². The summed E-state index contributed by atoms with van der Waals surface area (Å²) in [4.78, 5) is 0. The lowest BCUT2D eigenvalue weighted by molar-refractivity contribution is 0.104. The minimum atomic E-state index is -0.626. The second-order valence-electron chi connectivity index (χ2n) is 3.61. The van der Waals surface area contributed by atoms with Crippen molar-refractivity contribution in [3.8, 4) is 0 Å². The maximum atomic E-state index is 11.1. The highest BCUT2D eigenvalue weighted by molar-refractivity contribution is 7.84. The summed E-state index contributed by atoms with van der Waals surface area (Å²) in [7, 11) is -0.626. The number of nitrogens with one attached hydrogen (secondary N) is 1. The van der Waals surface area contributed by atoms with Crippen LogP contribution in [-0.2, 0) is 15.5 Å². The van der Waals surface area contributed by atoms with Gasteiger partial charge in [-0.25, -0.2) is 0 Å². The van der Waals surface area contributed by atoms with Gasteiger partial charge in [0, 0.05) is 35.5 Å². The molecule has 2 atom stereocenters. The Bertz CT molecular complexity index is 170. The summed E-state index contributed by atoms with van der Waals surface area (Å²) in [6, 6.07) is 0. The summed E-state index contributed by atoms with van der Waals surface area (Å²) in [5, 5.41) is 3.30. The van der Waals surface area contributed by atoms with Gasteiger partial charge in [0.2, 0.25) is 0 Å². The monoisotopic (exact) mass is 219 g/mol. The Morgan fingerprint density at radius 1 is 1.50 bits per heavy atom. The van der Waals surface area contributed by atoms with Crippen LogP contribution in [0.15, 0.2) is 0 Å². The van der Waals surface area contributed by atoms with E-state index < -0.39 is 10.8 Å². The fraction of sp³-hybridized carbons (Fsp3) is 1.00. The van der Waals surface area contributed by atoms with Crippen molar-refractivity contribution in [2.24, 2.45) is 0 Å². The van der Waals surface area contributed by atoms with Crippen molar-refractivity contribution < 1.29 is 8.95 Å². The van der Waals surface area contributed by atoms with Crippen molar-refractivity contribution in [2.45, 2.75) is 32.3 Å². The van der Waals surface area contributed by atoms with Gasteiger partial charge in [-0.15, -0.1) is 0 Å². The standard InChI is InChI=1S/C10H21NO2S/c1-2-14(12)9-7-11-6-5-10-4-3-8-13-10/h10-11H,2-9H2,1H3. The molecule has 3 nitrogen and oxygen atoms in total. The predicted molar refractivity (Wildman–Crippen MR) is 60.0 cm³/mol. The molecule has 0 radical (unpaired) electrons. The van der Waals surface area contributed by atoms with Gasteiger partial charge < -0.3 is 10.1 Å². The SMILES string of the molecule is CCS(=O)CCNCCC1CCCO1. The van der Waals surface area contributed by atoms with Crippen molar-refractivity contribution >= 4 is 10.8 Å². The summed E-state index contributed by atoms with van der Waals surface area (Å²) in [6.45, 7) is 4.76. The first-order valence-corrected chi connectivity index (χ1v) is 6.99. The second kappa shape index (κ2) is 7.37. The lowest BCUT2D eigenvalue weighted by Gasteiger charge is -2.09. The zero-order valence-electron chi connectivity index (χ0n) is 8.96. The predicted octanol–water partition coefficient (Wildman–Crippen LogP) is 0.914. The molecule has 0 aromatic carbocycles.